The van der Waals surface area contributed by atoms with Gasteiger partial charge in [0, 0.05) is 0 Å². The van der Waals surface area contributed by atoms with Crippen molar-refractivity contribution in [2.24, 2.45) is 0 Å². The average Bonchev–Trinajstić information content (AvgIpc) is 2.26. The van der Waals surface area contributed by atoms with E-state index < -0.39 is 26.5 Å². The van der Waals surface area contributed by atoms with Gasteiger partial charge in [0.25, 0.3) is 0 Å². The van der Waals surface area contributed by atoms with Gasteiger partial charge in [-0.25, -0.2) is 17.6 Å². The quantitative estimate of drug-likeness (QED) is 0.837. The Bertz CT molecular complexity index is 561. The van der Waals surface area contributed by atoms with Crippen LogP contribution in [0.1, 0.15) is 17.3 Å². The van der Waals surface area contributed by atoms with Crippen molar-refractivity contribution in [3.63, 3.8) is 0 Å². The predicted octanol–water partition coefficient (Wildman–Crippen LogP) is 1.87. The molecule has 1 N–H and O–H groups in total. The van der Waals surface area contributed by atoms with Crippen molar-refractivity contribution in [1.82, 2.24) is 0 Å². The molecule has 6 heteroatoms. The van der Waals surface area contributed by atoms with Gasteiger partial charge in [-0.2, -0.15) is 0 Å². The number of hydrogen-bond donors (Lipinski definition) is 1. The molecule has 0 radical (unpaired) electrons. The van der Waals surface area contributed by atoms with Gasteiger partial charge in [-0.15, -0.1) is 0 Å². The molecule has 17 heavy (non-hydrogen) atoms. The maximum Gasteiger partial charge on any atom is 0.335 e. The topological polar surface area (TPSA) is 71.4 Å². The average molecular weight is 258 g/mol. The minimum atomic E-state index is -3.83. The second kappa shape index (κ2) is 5.09. The Labute approximate surface area is 98.3 Å². The van der Waals surface area contributed by atoms with Gasteiger partial charge in [-0.05, 0) is 25.1 Å². The lowest BCUT2D eigenvalue weighted by Crippen LogP contribution is -2.09. The Balaban J connectivity index is 3.30. The van der Waals surface area contributed by atoms with E-state index in [9.17, 15) is 17.6 Å². The van der Waals surface area contributed by atoms with Crippen LogP contribution in [-0.2, 0) is 9.84 Å². The van der Waals surface area contributed by atoms with Gasteiger partial charge in [0.05, 0.1) is 11.3 Å². The van der Waals surface area contributed by atoms with E-state index in [1.807, 2.05) is 0 Å². The lowest BCUT2D eigenvalue weighted by Gasteiger charge is -2.04. The Hall–Kier alpha value is -1.69. The Morgan fingerprint density at radius 2 is 2.12 bits per heavy atom. The summed E-state index contributed by atoms with van der Waals surface area (Å²) < 4.78 is 36.8. The van der Waals surface area contributed by atoms with Gasteiger partial charge < -0.3 is 5.11 Å². The van der Waals surface area contributed by atoms with Crippen LogP contribution in [0.15, 0.2) is 35.2 Å². The molecule has 0 aliphatic rings. The molecule has 0 fully saturated rings. The molecule has 1 aromatic rings. The van der Waals surface area contributed by atoms with Gasteiger partial charge in [-0.1, -0.05) is 12.2 Å². The molecule has 0 aliphatic carbocycles. The highest BCUT2D eigenvalue weighted by atomic mass is 32.2. The molecule has 0 saturated carbocycles. The van der Waals surface area contributed by atoms with E-state index in [2.05, 4.69) is 0 Å². The first-order chi connectivity index (χ1) is 7.88. The van der Waals surface area contributed by atoms with Crippen molar-refractivity contribution < 1.29 is 22.7 Å². The summed E-state index contributed by atoms with van der Waals surface area (Å²) in [6.07, 6.45) is 2.89. The lowest BCUT2D eigenvalue weighted by molar-refractivity contribution is 0.0696. The second-order valence-corrected chi connectivity index (χ2v) is 5.30. The minimum Gasteiger partial charge on any atom is -0.478 e. The third-order valence-electron chi connectivity index (χ3n) is 2.06. The SMILES string of the molecule is C/C=C/CS(=O)(=O)c1cc(C(=O)O)ccc1F. The predicted molar refractivity (Wildman–Crippen MR) is 60.2 cm³/mol. The van der Waals surface area contributed by atoms with Crippen LogP contribution in [0.5, 0.6) is 0 Å². The normalized spacial score (nSPS) is 11.9. The van der Waals surface area contributed by atoms with Gasteiger partial charge in [-0.3, -0.25) is 0 Å². The van der Waals surface area contributed by atoms with E-state index >= 15 is 0 Å². The molecule has 1 aromatic carbocycles. The van der Waals surface area contributed by atoms with Crippen LogP contribution in [0.4, 0.5) is 4.39 Å². The summed E-state index contributed by atoms with van der Waals surface area (Å²) in [7, 11) is -3.83. The number of hydrogen-bond acceptors (Lipinski definition) is 3. The maximum atomic E-state index is 13.4. The van der Waals surface area contributed by atoms with Crippen LogP contribution in [0.25, 0.3) is 0 Å². The van der Waals surface area contributed by atoms with Crippen molar-refractivity contribution in [3.05, 3.63) is 41.7 Å². The van der Waals surface area contributed by atoms with E-state index in [0.717, 1.165) is 18.2 Å². The number of benzene rings is 1. The Kier molecular flexibility index (Phi) is 4.01. The molecule has 92 valence electrons. The maximum absolute atomic E-state index is 13.4. The Morgan fingerprint density at radius 3 is 2.65 bits per heavy atom. The number of allylic oxidation sites excluding steroid dienone is 1. The first-order valence-corrected chi connectivity index (χ1v) is 6.40. The zero-order valence-corrected chi connectivity index (χ0v) is 9.87. The van der Waals surface area contributed by atoms with Crippen molar-refractivity contribution in [2.75, 3.05) is 5.75 Å². The highest BCUT2D eigenvalue weighted by Gasteiger charge is 2.19. The lowest BCUT2D eigenvalue weighted by atomic mass is 10.2. The molecular formula is C11H11FO4S. The summed E-state index contributed by atoms with van der Waals surface area (Å²) in [4.78, 5) is 10.1. The van der Waals surface area contributed by atoms with Crippen LogP contribution >= 0.6 is 0 Å². The number of halogens is 1. The number of aromatic carboxylic acids is 1. The molecule has 0 unspecified atom stereocenters. The van der Waals surface area contributed by atoms with Gasteiger partial charge >= 0.3 is 5.97 Å². The van der Waals surface area contributed by atoms with Crippen molar-refractivity contribution >= 4 is 15.8 Å². The first-order valence-electron chi connectivity index (χ1n) is 4.75. The highest BCUT2D eigenvalue weighted by molar-refractivity contribution is 7.91. The fourth-order valence-electron chi connectivity index (χ4n) is 1.19. The molecule has 1 rings (SSSR count). The monoisotopic (exact) mass is 258 g/mol. The molecule has 0 bridgehead atoms. The highest BCUT2D eigenvalue weighted by Crippen LogP contribution is 2.18. The van der Waals surface area contributed by atoms with Crippen LogP contribution in [-0.4, -0.2) is 25.2 Å². The minimum absolute atomic E-state index is 0.259. The summed E-state index contributed by atoms with van der Waals surface area (Å²) in [6, 6.07) is 2.69. The second-order valence-electron chi connectivity index (χ2n) is 3.30. The summed E-state index contributed by atoms with van der Waals surface area (Å²) >= 11 is 0. The molecule has 4 nitrogen and oxygen atoms in total. The fraction of sp³-hybridized carbons (Fsp3) is 0.182. The third kappa shape index (κ3) is 3.13. The molecule has 0 aliphatic heterocycles. The number of carbonyl (C=O) groups is 1. The molecular weight excluding hydrogens is 247 g/mol. The Morgan fingerprint density at radius 1 is 1.47 bits per heavy atom. The number of sulfone groups is 1. The summed E-state index contributed by atoms with van der Waals surface area (Å²) in [5, 5.41) is 8.71. The van der Waals surface area contributed by atoms with Gasteiger partial charge in [0.1, 0.15) is 10.7 Å². The summed E-state index contributed by atoms with van der Waals surface area (Å²) in [5.74, 6) is -2.60. The van der Waals surface area contributed by atoms with Crippen LogP contribution in [0.3, 0.4) is 0 Å². The van der Waals surface area contributed by atoms with Gasteiger partial charge in [0.2, 0.25) is 0 Å². The van der Waals surface area contributed by atoms with E-state index in [-0.39, 0.29) is 11.3 Å². The first kappa shape index (κ1) is 13.4. The summed E-state index contributed by atoms with van der Waals surface area (Å²) in [5.41, 5.74) is -0.259. The third-order valence-corrected chi connectivity index (χ3v) is 3.68. The van der Waals surface area contributed by atoms with Crippen LogP contribution in [0, 0.1) is 5.82 Å². The van der Waals surface area contributed by atoms with Crippen LogP contribution in [0.2, 0.25) is 0 Å². The molecule has 0 spiro atoms. The molecule has 0 aromatic heterocycles. The van der Waals surface area contributed by atoms with Crippen LogP contribution < -0.4 is 0 Å². The zero-order chi connectivity index (χ0) is 13.1. The molecule has 0 atom stereocenters. The molecule has 0 heterocycles. The van der Waals surface area contributed by atoms with E-state index in [4.69, 9.17) is 5.11 Å². The molecule has 0 amide bonds. The van der Waals surface area contributed by atoms with E-state index in [1.54, 1.807) is 6.92 Å². The molecule has 0 saturated heterocycles. The van der Waals surface area contributed by atoms with Crippen molar-refractivity contribution in [2.45, 2.75) is 11.8 Å². The number of carboxylic acid groups (broad SMARTS) is 1. The van der Waals surface area contributed by atoms with E-state index in [0.29, 0.717) is 0 Å². The van der Waals surface area contributed by atoms with Gasteiger partial charge in [0.15, 0.2) is 9.84 Å². The van der Waals surface area contributed by atoms with E-state index in [1.165, 1.54) is 12.2 Å². The number of rotatable bonds is 4. The largest absolute Gasteiger partial charge is 0.478 e. The summed E-state index contributed by atoms with van der Waals surface area (Å²) in [6.45, 7) is 1.64. The zero-order valence-electron chi connectivity index (χ0n) is 9.05. The van der Waals surface area contributed by atoms with Crippen molar-refractivity contribution in [3.8, 4) is 0 Å². The fourth-order valence-corrected chi connectivity index (χ4v) is 2.48. The smallest absolute Gasteiger partial charge is 0.335 e. The van der Waals surface area contributed by atoms with Crippen molar-refractivity contribution in [1.29, 1.82) is 0 Å². The number of carboxylic acids is 1. The standard InChI is InChI=1S/C11H11FO4S/c1-2-3-6-17(15,16)10-7-8(11(13)14)4-5-9(10)12/h2-5,7H,6H2,1H3,(H,13,14)/b3-2+.